The third kappa shape index (κ3) is 2.18. The lowest BCUT2D eigenvalue weighted by atomic mass is 10.2. The largest absolute Gasteiger partial charge is 0.456 e. The molecule has 3 aromatic rings. The number of benzene rings is 3. The summed E-state index contributed by atoms with van der Waals surface area (Å²) in [7, 11) is -3.42. The maximum atomic E-state index is 14.1. The zero-order valence-corrected chi connectivity index (χ0v) is 13.7. The lowest BCUT2D eigenvalue weighted by Gasteiger charge is -2.29. The van der Waals surface area contributed by atoms with Crippen molar-refractivity contribution >= 4 is 23.1 Å². The van der Waals surface area contributed by atoms with Gasteiger partial charge in [0, 0.05) is 5.30 Å². The Morgan fingerprint density at radius 2 is 1.29 bits per heavy atom. The van der Waals surface area contributed by atoms with Gasteiger partial charge in [0.05, 0.1) is 10.6 Å². The highest BCUT2D eigenvalue weighted by Gasteiger charge is 2.39. The summed E-state index contributed by atoms with van der Waals surface area (Å²) in [5, 5.41) is 1.03. The second kappa shape index (κ2) is 5.29. The molecule has 1 aliphatic rings. The van der Waals surface area contributed by atoms with Crippen LogP contribution in [0.5, 0.6) is 11.5 Å². The van der Waals surface area contributed by atoms with Gasteiger partial charge in [-0.25, -0.2) is 8.78 Å². The zero-order chi connectivity index (χ0) is 16.9. The number of aryl methyl sites for hydroxylation is 1. The Hall–Kier alpha value is -2.45. The van der Waals surface area contributed by atoms with Gasteiger partial charge >= 0.3 is 0 Å². The number of halogens is 2. The predicted molar refractivity (Wildman–Crippen MR) is 90.6 cm³/mol. The van der Waals surface area contributed by atoms with Crippen molar-refractivity contribution in [2.75, 3.05) is 0 Å². The highest BCUT2D eigenvalue weighted by atomic mass is 31.2. The molecule has 5 heteroatoms. The Balaban J connectivity index is 2.08. The van der Waals surface area contributed by atoms with Gasteiger partial charge < -0.3 is 9.30 Å². The molecule has 1 aliphatic heterocycles. The summed E-state index contributed by atoms with van der Waals surface area (Å²) >= 11 is 0. The topological polar surface area (TPSA) is 26.3 Å². The van der Waals surface area contributed by atoms with Gasteiger partial charge in [-0.2, -0.15) is 0 Å². The van der Waals surface area contributed by atoms with Crippen LogP contribution in [-0.2, 0) is 4.57 Å². The first-order chi connectivity index (χ1) is 11.5. The predicted octanol–water partition coefficient (Wildman–Crippen LogP) is 4.02. The van der Waals surface area contributed by atoms with Crippen molar-refractivity contribution < 1.29 is 18.1 Å². The van der Waals surface area contributed by atoms with Crippen molar-refractivity contribution in [1.29, 1.82) is 0 Å². The lowest BCUT2D eigenvalue weighted by Crippen LogP contribution is -2.31. The lowest BCUT2D eigenvalue weighted by molar-refractivity contribution is 0.481. The fourth-order valence-electron chi connectivity index (χ4n) is 2.93. The van der Waals surface area contributed by atoms with Crippen molar-refractivity contribution in [3.63, 3.8) is 0 Å². The zero-order valence-electron chi connectivity index (χ0n) is 12.8. The van der Waals surface area contributed by atoms with Crippen LogP contribution >= 0.6 is 7.14 Å². The Labute approximate surface area is 138 Å². The van der Waals surface area contributed by atoms with Gasteiger partial charge in [-0.15, -0.1) is 0 Å². The second-order valence-electron chi connectivity index (χ2n) is 5.77. The van der Waals surface area contributed by atoms with Crippen LogP contribution in [0, 0.1) is 18.6 Å². The molecule has 1 heterocycles. The quantitative estimate of drug-likeness (QED) is 0.489. The molecule has 0 bridgehead atoms. The molecule has 0 amide bonds. The summed E-state index contributed by atoms with van der Waals surface area (Å²) in [6.07, 6.45) is 0. The molecular formula is C19H13F2O2P. The summed E-state index contributed by atoms with van der Waals surface area (Å²) in [4.78, 5) is 0. The van der Waals surface area contributed by atoms with Crippen LogP contribution in [0.3, 0.4) is 0 Å². The highest BCUT2D eigenvalue weighted by molar-refractivity contribution is 7.85. The van der Waals surface area contributed by atoms with E-state index in [2.05, 4.69) is 0 Å². The molecule has 0 atom stereocenters. The molecule has 3 aromatic carbocycles. The second-order valence-corrected chi connectivity index (χ2v) is 8.47. The summed E-state index contributed by atoms with van der Waals surface area (Å²) < 4.78 is 47.4. The van der Waals surface area contributed by atoms with E-state index in [4.69, 9.17) is 4.74 Å². The first kappa shape index (κ1) is 15.1. The van der Waals surface area contributed by atoms with E-state index in [1.165, 1.54) is 36.4 Å². The molecule has 0 spiro atoms. The average Bonchev–Trinajstić information content (AvgIpc) is 2.57. The molecule has 0 unspecified atom stereocenters. The normalized spacial score (nSPS) is 14.5. The number of ether oxygens (including phenoxy) is 1. The SMILES string of the molecule is Cc1ccc(P2(=O)c3cc(F)ccc3Oc3ccc(F)cc32)cc1. The minimum absolute atomic E-state index is 0.254. The van der Waals surface area contributed by atoms with Gasteiger partial charge in [0.15, 0.2) is 7.14 Å². The molecule has 2 nitrogen and oxygen atoms in total. The van der Waals surface area contributed by atoms with E-state index < -0.39 is 18.8 Å². The first-order valence-electron chi connectivity index (χ1n) is 7.44. The maximum Gasteiger partial charge on any atom is 0.178 e. The van der Waals surface area contributed by atoms with Crippen molar-refractivity contribution in [3.8, 4) is 11.5 Å². The summed E-state index contributed by atoms with van der Waals surface area (Å²) in [5.41, 5.74) is 1.01. The van der Waals surface area contributed by atoms with E-state index in [0.29, 0.717) is 16.8 Å². The van der Waals surface area contributed by atoms with Gasteiger partial charge in [0.2, 0.25) is 0 Å². The van der Waals surface area contributed by atoms with Crippen molar-refractivity contribution in [1.82, 2.24) is 0 Å². The van der Waals surface area contributed by atoms with E-state index in [0.717, 1.165) is 5.56 Å². The van der Waals surface area contributed by atoms with Gasteiger partial charge in [-0.3, -0.25) is 0 Å². The molecule has 0 N–H and O–H groups in total. The molecule has 120 valence electrons. The number of hydrogen-bond donors (Lipinski definition) is 0. The molecule has 0 fully saturated rings. The monoisotopic (exact) mass is 342 g/mol. The smallest absolute Gasteiger partial charge is 0.178 e. The Bertz CT molecular complexity index is 941. The minimum Gasteiger partial charge on any atom is -0.456 e. The summed E-state index contributed by atoms with van der Waals surface area (Å²) in [6.45, 7) is 1.92. The van der Waals surface area contributed by atoms with Gasteiger partial charge in [-0.05, 0) is 43.3 Å². The molecule has 0 radical (unpaired) electrons. The third-order valence-corrected chi connectivity index (χ3v) is 7.22. The van der Waals surface area contributed by atoms with E-state index in [9.17, 15) is 13.3 Å². The van der Waals surface area contributed by atoms with Crippen LogP contribution in [0.1, 0.15) is 5.56 Å². The highest BCUT2D eigenvalue weighted by Crippen LogP contribution is 2.51. The van der Waals surface area contributed by atoms with Crippen LogP contribution in [0.15, 0.2) is 60.7 Å². The molecule has 0 aromatic heterocycles. The summed E-state index contributed by atoms with van der Waals surface area (Å²) in [5.74, 6) is -0.354. The number of rotatable bonds is 1. The fourth-order valence-corrected chi connectivity index (χ4v) is 5.78. The molecule has 4 rings (SSSR count). The molecule has 0 saturated carbocycles. The van der Waals surface area contributed by atoms with E-state index in [1.807, 2.05) is 19.1 Å². The van der Waals surface area contributed by atoms with Crippen LogP contribution in [-0.4, -0.2) is 0 Å². The van der Waals surface area contributed by atoms with Crippen LogP contribution in [0.2, 0.25) is 0 Å². The Morgan fingerprint density at radius 1 is 0.792 bits per heavy atom. The fraction of sp³-hybridized carbons (Fsp3) is 0.0526. The minimum atomic E-state index is -3.42. The van der Waals surface area contributed by atoms with Crippen molar-refractivity contribution in [2.45, 2.75) is 6.92 Å². The third-order valence-electron chi connectivity index (χ3n) is 4.14. The number of hydrogen-bond acceptors (Lipinski definition) is 2. The van der Waals surface area contributed by atoms with Gasteiger partial charge in [-0.1, -0.05) is 29.8 Å². The van der Waals surface area contributed by atoms with Crippen molar-refractivity contribution in [3.05, 3.63) is 77.9 Å². The Morgan fingerprint density at radius 3 is 1.79 bits per heavy atom. The van der Waals surface area contributed by atoms with Crippen LogP contribution in [0.4, 0.5) is 8.78 Å². The van der Waals surface area contributed by atoms with Gasteiger partial charge in [0.1, 0.15) is 23.1 Å². The molecular weight excluding hydrogens is 329 g/mol. The average molecular weight is 342 g/mol. The standard InChI is InChI=1S/C19H13F2O2P/c1-12-2-6-15(7-3-12)24(22)18-10-13(20)4-8-16(18)23-17-9-5-14(21)11-19(17)24/h2-11H,1H3. The van der Waals surface area contributed by atoms with Crippen LogP contribution < -0.4 is 20.7 Å². The first-order valence-corrected chi connectivity index (χ1v) is 9.14. The Kier molecular flexibility index (Phi) is 3.33. The van der Waals surface area contributed by atoms with E-state index in [-0.39, 0.29) is 10.6 Å². The number of fused-ring (bicyclic) bond motifs is 2. The van der Waals surface area contributed by atoms with E-state index in [1.54, 1.807) is 12.1 Å². The molecule has 24 heavy (non-hydrogen) atoms. The van der Waals surface area contributed by atoms with Crippen molar-refractivity contribution in [2.24, 2.45) is 0 Å². The van der Waals surface area contributed by atoms with Gasteiger partial charge in [0.25, 0.3) is 0 Å². The van der Waals surface area contributed by atoms with E-state index >= 15 is 0 Å². The van der Waals surface area contributed by atoms with Crippen LogP contribution in [0.25, 0.3) is 0 Å². The maximum absolute atomic E-state index is 14.1. The molecule has 0 aliphatic carbocycles. The summed E-state index contributed by atoms with van der Waals surface area (Å²) in [6, 6.07) is 15.0. The molecule has 0 saturated heterocycles.